The van der Waals surface area contributed by atoms with Crippen molar-refractivity contribution in [2.45, 2.75) is 26.2 Å². The van der Waals surface area contributed by atoms with Gasteiger partial charge in [-0.3, -0.25) is 0 Å². The van der Waals surface area contributed by atoms with Gasteiger partial charge in [-0.25, -0.2) is 4.79 Å². The Hall–Kier alpha value is -0.760. The van der Waals surface area contributed by atoms with Gasteiger partial charge in [0.2, 0.25) is 0 Å². The molecule has 0 saturated heterocycles. The number of carbonyl (C=O) groups is 1. The van der Waals surface area contributed by atoms with Crippen LogP contribution in [0.25, 0.3) is 10.9 Å². The zero-order valence-corrected chi connectivity index (χ0v) is 16.8. The quantitative estimate of drug-likeness (QED) is 0.345. The number of ether oxygens (including phenoxy) is 1. The first-order valence-corrected chi connectivity index (χ1v) is 11.7. The summed E-state index contributed by atoms with van der Waals surface area (Å²) in [5.74, 6) is 1.70. The van der Waals surface area contributed by atoms with Crippen molar-refractivity contribution in [1.29, 1.82) is 0 Å². The van der Waals surface area contributed by atoms with Crippen molar-refractivity contribution in [3.63, 3.8) is 0 Å². The number of unbranched alkanes of at least 4 members (excludes halogenated alkanes) is 1. The number of carbonyl (C=O) groups excluding carboxylic acids is 1. The highest BCUT2D eigenvalue weighted by molar-refractivity contribution is 9.12. The molecule has 2 rings (SSSR count). The van der Waals surface area contributed by atoms with E-state index in [1.54, 1.807) is 10.8 Å². The molecule has 7 heteroatoms. The summed E-state index contributed by atoms with van der Waals surface area (Å²) in [4.78, 5) is 17.5. The first kappa shape index (κ1) is 19.6. The first-order valence-electron chi connectivity index (χ1n) is 8.03. The van der Waals surface area contributed by atoms with E-state index in [9.17, 15) is 4.79 Å². The Bertz CT molecular complexity index is 658. The minimum atomic E-state index is -0.267. The smallest absolute Gasteiger partial charge is 0.384 e. The number of hydrogen-bond donors (Lipinski definition) is 1. The maximum Gasteiger partial charge on any atom is 0.384 e. The van der Waals surface area contributed by atoms with E-state index < -0.39 is 0 Å². The van der Waals surface area contributed by atoms with Gasteiger partial charge in [0.1, 0.15) is 5.75 Å². The van der Waals surface area contributed by atoms with Crippen molar-refractivity contribution in [2.24, 2.45) is 0 Å². The number of nitrogens with one attached hydrogen (secondary N) is 1. The second kappa shape index (κ2) is 10.3. The van der Waals surface area contributed by atoms with Crippen LogP contribution < -0.4 is 4.74 Å². The Balaban J connectivity index is 2.00. The van der Waals surface area contributed by atoms with Crippen LogP contribution in [0.3, 0.4) is 0 Å². The molecule has 0 saturated carbocycles. The third-order valence-corrected chi connectivity index (χ3v) is 7.22. The second-order valence-electron chi connectivity index (χ2n) is 5.72. The molecule has 1 aromatic heterocycles. The molecular weight excluding hydrogens is 360 g/mol. The number of aromatic amines is 1. The van der Waals surface area contributed by atoms with Crippen LogP contribution in [0.15, 0.2) is 24.4 Å². The highest BCUT2D eigenvalue weighted by Crippen LogP contribution is 2.37. The largest absolute Gasteiger partial charge is 0.417 e. The lowest BCUT2D eigenvalue weighted by atomic mass is 10.1. The molecule has 1 heterocycles. The van der Waals surface area contributed by atoms with Crippen LogP contribution in [0.1, 0.15) is 25.3 Å². The van der Waals surface area contributed by atoms with E-state index >= 15 is 0 Å². The number of likely N-dealkylation sites (N-methyl/N-ethyl adjacent to an activating group) is 1. The van der Waals surface area contributed by atoms with Crippen molar-refractivity contribution in [1.82, 2.24) is 9.88 Å². The van der Waals surface area contributed by atoms with Gasteiger partial charge in [0, 0.05) is 40.2 Å². The van der Waals surface area contributed by atoms with E-state index in [1.165, 1.54) is 28.2 Å². The van der Waals surface area contributed by atoms with Crippen LogP contribution in [0.2, 0.25) is 0 Å². The molecule has 0 atom stereocenters. The molecule has 0 aliphatic heterocycles. The Morgan fingerprint density at radius 2 is 2.17 bits per heavy atom. The summed E-state index contributed by atoms with van der Waals surface area (Å²) in [6.45, 7) is 3.12. The lowest BCUT2D eigenvalue weighted by Crippen LogP contribution is -2.14. The fraction of sp³-hybridized carbons (Fsp3) is 0.471. The third-order valence-electron chi connectivity index (χ3n) is 3.50. The molecule has 0 bridgehead atoms. The molecule has 0 amide bonds. The average molecular weight is 385 g/mol. The van der Waals surface area contributed by atoms with Crippen LogP contribution in [-0.2, 0) is 6.42 Å². The minimum Gasteiger partial charge on any atom is -0.417 e. The zero-order valence-electron chi connectivity index (χ0n) is 14.3. The van der Waals surface area contributed by atoms with Gasteiger partial charge in [0.25, 0.3) is 0 Å². The van der Waals surface area contributed by atoms with Crippen LogP contribution in [0.4, 0.5) is 4.79 Å². The predicted molar refractivity (Wildman–Crippen MR) is 109 cm³/mol. The second-order valence-corrected chi connectivity index (χ2v) is 9.84. The topological polar surface area (TPSA) is 45.3 Å². The van der Waals surface area contributed by atoms with Crippen molar-refractivity contribution in [3.8, 4) is 5.75 Å². The highest BCUT2D eigenvalue weighted by atomic mass is 33.5. The Labute approximate surface area is 155 Å². The van der Waals surface area contributed by atoms with Gasteiger partial charge in [-0.05, 0) is 54.5 Å². The Morgan fingerprint density at radius 1 is 1.33 bits per heavy atom. The summed E-state index contributed by atoms with van der Waals surface area (Å²) in [7, 11) is 8.46. The number of aromatic nitrogens is 1. The number of nitrogens with zero attached hydrogens (tertiary/aromatic N) is 1. The molecule has 0 aliphatic carbocycles. The van der Waals surface area contributed by atoms with Crippen molar-refractivity contribution >= 4 is 47.6 Å². The van der Waals surface area contributed by atoms with Gasteiger partial charge in [0.15, 0.2) is 0 Å². The molecule has 0 radical (unpaired) electrons. The van der Waals surface area contributed by atoms with Gasteiger partial charge in [-0.2, -0.15) is 0 Å². The normalized spacial score (nSPS) is 11.3. The molecule has 0 spiro atoms. The summed E-state index contributed by atoms with van der Waals surface area (Å²) in [5, 5.41) is 0.744. The Kier molecular flexibility index (Phi) is 8.38. The zero-order chi connectivity index (χ0) is 17.4. The number of fused-ring (bicyclic) bond motifs is 1. The van der Waals surface area contributed by atoms with Crippen molar-refractivity contribution in [2.75, 3.05) is 26.4 Å². The van der Waals surface area contributed by atoms with Crippen LogP contribution in [-0.4, -0.2) is 41.6 Å². The van der Waals surface area contributed by atoms with Crippen LogP contribution in [0.5, 0.6) is 5.75 Å². The van der Waals surface area contributed by atoms with E-state index in [1.807, 2.05) is 24.4 Å². The van der Waals surface area contributed by atoms with Crippen LogP contribution >= 0.6 is 31.4 Å². The van der Waals surface area contributed by atoms with Gasteiger partial charge in [0.05, 0.1) is 0 Å². The van der Waals surface area contributed by atoms with E-state index in [2.05, 4.69) is 30.9 Å². The van der Waals surface area contributed by atoms with E-state index in [4.69, 9.17) is 4.74 Å². The molecule has 0 unspecified atom stereocenters. The molecular formula is C17H24N2O2S3. The molecule has 0 aliphatic rings. The maximum atomic E-state index is 12.1. The molecule has 0 fully saturated rings. The Morgan fingerprint density at radius 3 is 2.92 bits per heavy atom. The fourth-order valence-corrected chi connectivity index (χ4v) is 5.46. The molecule has 2 aromatic rings. The molecule has 4 nitrogen and oxygen atoms in total. The molecule has 1 N–H and O–H groups in total. The lowest BCUT2D eigenvalue weighted by molar-refractivity contribution is 0.228. The summed E-state index contributed by atoms with van der Waals surface area (Å²) >= 11 is 0. The molecule has 132 valence electrons. The summed E-state index contributed by atoms with van der Waals surface area (Å²) in [6, 6.07) is 5.78. The number of H-pyrrole nitrogens is 1. The number of benzene rings is 1. The van der Waals surface area contributed by atoms with Crippen molar-refractivity contribution < 1.29 is 9.53 Å². The first-order chi connectivity index (χ1) is 11.6. The minimum absolute atomic E-state index is 0.267. The monoisotopic (exact) mass is 384 g/mol. The van der Waals surface area contributed by atoms with Gasteiger partial charge in [-0.1, -0.05) is 30.2 Å². The summed E-state index contributed by atoms with van der Waals surface area (Å²) < 4.78 is 5.60. The van der Waals surface area contributed by atoms with Gasteiger partial charge in [-0.15, -0.1) is 0 Å². The third kappa shape index (κ3) is 5.95. The van der Waals surface area contributed by atoms with E-state index in [0.717, 1.165) is 40.4 Å². The standard InChI is InChI=1S/C17H24N2O2S3/c1-4-5-11-22-24-23-17(20)21-15-8-6-7-14-16(15)13(12-18-14)9-10-19(2)3/h6-8,12,18H,4-5,9-11H2,1-3H3. The number of rotatable bonds is 9. The van der Waals surface area contributed by atoms with E-state index in [0.29, 0.717) is 5.75 Å². The average Bonchev–Trinajstić information content (AvgIpc) is 2.97. The SMILES string of the molecule is CCCCSSSC(=O)Oc1cccc2[nH]cc(CCN(C)C)c12. The van der Waals surface area contributed by atoms with Crippen LogP contribution in [0, 0.1) is 0 Å². The highest BCUT2D eigenvalue weighted by Gasteiger charge is 2.14. The number of hydrogen-bond acceptors (Lipinski definition) is 6. The van der Waals surface area contributed by atoms with Gasteiger partial charge < -0.3 is 14.6 Å². The fourth-order valence-electron chi connectivity index (χ4n) is 2.24. The summed E-state index contributed by atoms with van der Waals surface area (Å²) in [5.41, 5.74) is 2.18. The maximum absolute atomic E-state index is 12.1. The summed E-state index contributed by atoms with van der Waals surface area (Å²) in [6.07, 6.45) is 5.27. The van der Waals surface area contributed by atoms with Crippen molar-refractivity contribution in [3.05, 3.63) is 30.0 Å². The lowest BCUT2D eigenvalue weighted by Gasteiger charge is -2.10. The molecule has 1 aromatic carbocycles. The predicted octanol–water partition coefficient (Wildman–Crippen LogP) is 5.60. The van der Waals surface area contributed by atoms with Gasteiger partial charge >= 0.3 is 5.30 Å². The molecule has 24 heavy (non-hydrogen) atoms. The van der Waals surface area contributed by atoms with E-state index in [-0.39, 0.29) is 5.30 Å².